The monoisotopic (exact) mass is 258 g/mol. The van der Waals surface area contributed by atoms with Gasteiger partial charge in [0.1, 0.15) is 5.75 Å². The molecule has 0 unspecified atom stereocenters. The number of hydrogen-bond donors (Lipinski definition) is 0. The van der Waals surface area contributed by atoms with Gasteiger partial charge in [-0.25, -0.2) is 4.68 Å². The topological polar surface area (TPSA) is 61.2 Å². The van der Waals surface area contributed by atoms with E-state index in [0.717, 1.165) is 0 Å². The first kappa shape index (κ1) is 13.0. The molecule has 5 heteroatoms. The highest BCUT2D eigenvalue weighted by molar-refractivity contribution is 5.99. The zero-order valence-electron chi connectivity index (χ0n) is 11.0. The fraction of sp³-hybridized carbons (Fsp3) is 0.214. The minimum atomic E-state index is -0.271. The van der Waals surface area contributed by atoms with Crippen LogP contribution in [0.3, 0.4) is 0 Å². The summed E-state index contributed by atoms with van der Waals surface area (Å²) in [4.78, 5) is 23.6. The molecule has 0 aliphatic heterocycles. The summed E-state index contributed by atoms with van der Waals surface area (Å²) in [6, 6.07) is 6.74. The van der Waals surface area contributed by atoms with Crippen molar-refractivity contribution in [3.8, 4) is 5.75 Å². The average Bonchev–Trinajstić information content (AvgIpc) is 2.80. The Hall–Kier alpha value is -2.43. The van der Waals surface area contributed by atoms with Crippen LogP contribution in [-0.4, -0.2) is 28.6 Å². The van der Waals surface area contributed by atoms with Gasteiger partial charge in [-0.15, -0.1) is 0 Å². The Bertz CT molecular complexity index is 627. The molecule has 0 atom stereocenters. The summed E-state index contributed by atoms with van der Waals surface area (Å²) in [6.07, 6.45) is 1.42. The first-order valence-electron chi connectivity index (χ1n) is 5.79. The summed E-state index contributed by atoms with van der Waals surface area (Å²) in [5.41, 5.74) is 1.50. The van der Waals surface area contributed by atoms with Gasteiger partial charge in [0.05, 0.1) is 24.6 Å². The Morgan fingerprint density at radius 3 is 2.32 bits per heavy atom. The van der Waals surface area contributed by atoms with Crippen molar-refractivity contribution in [1.29, 1.82) is 0 Å². The minimum Gasteiger partial charge on any atom is -0.497 e. The second-order valence-corrected chi connectivity index (χ2v) is 4.15. The molecule has 0 aliphatic rings. The quantitative estimate of drug-likeness (QED) is 0.791. The molecule has 19 heavy (non-hydrogen) atoms. The molecule has 2 aromatic rings. The minimum absolute atomic E-state index is 0.105. The highest BCUT2D eigenvalue weighted by Crippen LogP contribution is 2.14. The molecule has 0 aliphatic carbocycles. The van der Waals surface area contributed by atoms with Gasteiger partial charge >= 0.3 is 0 Å². The lowest BCUT2D eigenvalue weighted by molar-refractivity contribution is 0.0942. The van der Waals surface area contributed by atoms with Crippen LogP contribution in [0.2, 0.25) is 0 Å². The number of carbonyl (C=O) groups excluding carboxylic acids is 2. The summed E-state index contributed by atoms with van der Waals surface area (Å²) in [6.45, 7) is 3.15. The van der Waals surface area contributed by atoms with Crippen LogP contribution < -0.4 is 4.74 Å². The zero-order chi connectivity index (χ0) is 14.0. The lowest BCUT2D eigenvalue weighted by Gasteiger charge is -2.05. The summed E-state index contributed by atoms with van der Waals surface area (Å²) in [7, 11) is 1.56. The molecule has 0 bridgehead atoms. The van der Waals surface area contributed by atoms with Crippen LogP contribution in [0.5, 0.6) is 5.75 Å². The Balaban J connectivity index is 2.35. The molecule has 0 saturated heterocycles. The maximum absolute atomic E-state index is 12.3. The van der Waals surface area contributed by atoms with E-state index < -0.39 is 0 Å². The number of ether oxygens (including phenoxy) is 1. The molecule has 0 N–H and O–H groups in total. The first-order valence-corrected chi connectivity index (χ1v) is 5.79. The number of methoxy groups -OCH3 is 1. The average molecular weight is 258 g/mol. The molecule has 0 saturated carbocycles. The molecule has 1 aromatic carbocycles. The van der Waals surface area contributed by atoms with Gasteiger partial charge in [-0.1, -0.05) is 0 Å². The molecule has 98 valence electrons. The van der Waals surface area contributed by atoms with Crippen molar-refractivity contribution in [1.82, 2.24) is 9.78 Å². The highest BCUT2D eigenvalue weighted by Gasteiger charge is 2.16. The van der Waals surface area contributed by atoms with Gasteiger partial charge in [0, 0.05) is 5.56 Å². The van der Waals surface area contributed by atoms with Gasteiger partial charge in [-0.2, -0.15) is 5.10 Å². The number of Topliss-reactive ketones (excluding diaryl/α,β-unsaturated/α-hetero) is 1. The first-order chi connectivity index (χ1) is 9.04. The predicted octanol–water partition coefficient (Wildman–Crippen LogP) is 2.09. The van der Waals surface area contributed by atoms with Crippen LogP contribution in [-0.2, 0) is 0 Å². The number of hydrogen-bond acceptors (Lipinski definition) is 4. The normalized spacial score (nSPS) is 10.3. The van der Waals surface area contributed by atoms with E-state index in [1.807, 2.05) is 0 Å². The van der Waals surface area contributed by atoms with Crippen molar-refractivity contribution in [2.45, 2.75) is 13.8 Å². The zero-order valence-corrected chi connectivity index (χ0v) is 11.0. The molecule has 1 heterocycles. The third-order valence-electron chi connectivity index (χ3n) is 2.92. The molecule has 0 radical (unpaired) electrons. The molecular weight excluding hydrogens is 244 g/mol. The fourth-order valence-electron chi connectivity index (χ4n) is 1.82. The maximum Gasteiger partial charge on any atom is 0.278 e. The van der Waals surface area contributed by atoms with Crippen molar-refractivity contribution in [2.24, 2.45) is 0 Å². The summed E-state index contributed by atoms with van der Waals surface area (Å²) >= 11 is 0. The second-order valence-electron chi connectivity index (χ2n) is 4.15. The van der Waals surface area contributed by atoms with Crippen LogP contribution in [0, 0.1) is 6.92 Å². The number of aromatic nitrogens is 2. The van der Waals surface area contributed by atoms with E-state index in [0.29, 0.717) is 22.6 Å². The fourth-order valence-corrected chi connectivity index (χ4v) is 1.82. The van der Waals surface area contributed by atoms with Crippen LogP contribution in [0.1, 0.15) is 33.3 Å². The van der Waals surface area contributed by atoms with Gasteiger partial charge in [-0.05, 0) is 38.1 Å². The largest absolute Gasteiger partial charge is 0.497 e. The Kier molecular flexibility index (Phi) is 3.46. The number of nitrogens with zero attached hydrogens (tertiary/aromatic N) is 2. The van der Waals surface area contributed by atoms with E-state index in [1.165, 1.54) is 17.8 Å². The molecular formula is C14H14N2O3. The van der Waals surface area contributed by atoms with Crippen LogP contribution in [0.4, 0.5) is 0 Å². The lowest BCUT2D eigenvalue weighted by atomic mass is 10.2. The highest BCUT2D eigenvalue weighted by atomic mass is 16.5. The van der Waals surface area contributed by atoms with E-state index >= 15 is 0 Å². The Morgan fingerprint density at radius 2 is 1.84 bits per heavy atom. The molecule has 0 spiro atoms. The Labute approximate surface area is 110 Å². The van der Waals surface area contributed by atoms with E-state index in [-0.39, 0.29) is 11.7 Å². The van der Waals surface area contributed by atoms with E-state index in [9.17, 15) is 9.59 Å². The number of rotatable bonds is 3. The number of carbonyl (C=O) groups is 2. The maximum atomic E-state index is 12.3. The van der Waals surface area contributed by atoms with Gasteiger partial charge in [0.2, 0.25) is 0 Å². The van der Waals surface area contributed by atoms with E-state index in [4.69, 9.17) is 4.74 Å². The van der Waals surface area contributed by atoms with Crippen molar-refractivity contribution in [2.75, 3.05) is 7.11 Å². The van der Waals surface area contributed by atoms with E-state index in [1.54, 1.807) is 38.3 Å². The molecule has 5 nitrogen and oxygen atoms in total. The van der Waals surface area contributed by atoms with Crippen molar-refractivity contribution in [3.05, 3.63) is 47.3 Å². The molecule has 0 fully saturated rings. The number of benzene rings is 1. The van der Waals surface area contributed by atoms with Crippen molar-refractivity contribution >= 4 is 11.7 Å². The van der Waals surface area contributed by atoms with Crippen molar-refractivity contribution < 1.29 is 14.3 Å². The van der Waals surface area contributed by atoms with Crippen LogP contribution in [0.25, 0.3) is 0 Å². The Morgan fingerprint density at radius 1 is 1.21 bits per heavy atom. The van der Waals surface area contributed by atoms with Gasteiger partial charge in [-0.3, -0.25) is 9.59 Å². The molecule has 1 aromatic heterocycles. The molecule has 2 rings (SSSR count). The second kappa shape index (κ2) is 5.06. The number of ketones is 1. The summed E-state index contributed by atoms with van der Waals surface area (Å²) < 4.78 is 6.27. The van der Waals surface area contributed by atoms with Gasteiger partial charge < -0.3 is 4.74 Å². The standard InChI is InChI=1S/C14H14N2O3/c1-9-13(10(2)17)8-15-16(9)14(18)11-4-6-12(19-3)7-5-11/h4-8H,1-3H3. The van der Waals surface area contributed by atoms with Gasteiger partial charge in [0.25, 0.3) is 5.91 Å². The smallest absolute Gasteiger partial charge is 0.278 e. The van der Waals surface area contributed by atoms with Crippen LogP contribution >= 0.6 is 0 Å². The summed E-state index contributed by atoms with van der Waals surface area (Å²) in [5, 5.41) is 3.97. The third kappa shape index (κ3) is 2.40. The third-order valence-corrected chi connectivity index (χ3v) is 2.92. The van der Waals surface area contributed by atoms with Crippen molar-refractivity contribution in [3.63, 3.8) is 0 Å². The lowest BCUT2D eigenvalue weighted by Crippen LogP contribution is -2.15. The predicted molar refractivity (Wildman–Crippen MR) is 69.7 cm³/mol. The SMILES string of the molecule is COc1ccc(C(=O)n2ncc(C(C)=O)c2C)cc1. The van der Waals surface area contributed by atoms with Gasteiger partial charge in [0.15, 0.2) is 5.78 Å². The molecule has 0 amide bonds. The summed E-state index contributed by atoms with van der Waals surface area (Å²) in [5.74, 6) is 0.303. The van der Waals surface area contributed by atoms with Crippen LogP contribution in [0.15, 0.2) is 30.5 Å². The van der Waals surface area contributed by atoms with E-state index in [2.05, 4.69) is 5.10 Å².